The summed E-state index contributed by atoms with van der Waals surface area (Å²) >= 11 is 0. The maximum atomic E-state index is 13.5. The first-order valence-electron chi connectivity index (χ1n) is 10.9. The van der Waals surface area contributed by atoms with Gasteiger partial charge in [-0.3, -0.25) is 4.79 Å². The summed E-state index contributed by atoms with van der Waals surface area (Å²) < 4.78 is 87.6. The highest BCUT2D eigenvalue weighted by Crippen LogP contribution is 2.45. The summed E-state index contributed by atoms with van der Waals surface area (Å²) in [5, 5.41) is 11.4. The minimum absolute atomic E-state index is 0.134. The summed E-state index contributed by atoms with van der Waals surface area (Å²) in [6.07, 6.45) is -5.60. The van der Waals surface area contributed by atoms with Crippen molar-refractivity contribution in [3.05, 3.63) is 83.2 Å². The van der Waals surface area contributed by atoms with E-state index in [1.807, 2.05) is 13.8 Å². The Morgan fingerprint density at radius 2 is 1.50 bits per heavy atom. The van der Waals surface area contributed by atoms with E-state index in [4.69, 9.17) is 14.6 Å². The Bertz CT molecular complexity index is 1210. The van der Waals surface area contributed by atoms with Crippen molar-refractivity contribution < 1.29 is 50.5 Å². The minimum atomic E-state index is -5.82. The molecule has 206 valence electrons. The summed E-state index contributed by atoms with van der Waals surface area (Å²) in [4.78, 5) is 21.4. The van der Waals surface area contributed by atoms with Gasteiger partial charge in [0.05, 0.1) is 18.2 Å². The highest BCUT2D eigenvalue weighted by molar-refractivity contribution is 5.88. The van der Waals surface area contributed by atoms with Crippen LogP contribution in [0.4, 0.5) is 32.0 Å². The molecule has 3 rings (SSSR count). The minimum Gasteiger partial charge on any atom is -0.493 e. The van der Waals surface area contributed by atoms with Crippen molar-refractivity contribution in [3.63, 3.8) is 0 Å². The second-order valence-corrected chi connectivity index (χ2v) is 6.97. The van der Waals surface area contributed by atoms with Gasteiger partial charge in [0.2, 0.25) is 0 Å². The lowest BCUT2D eigenvalue weighted by Gasteiger charge is -2.21. The maximum Gasteiger partial charge on any atom is 0.458 e. The molecule has 0 unspecified atom stereocenters. The van der Waals surface area contributed by atoms with Crippen molar-refractivity contribution in [2.24, 2.45) is 0 Å². The number of rotatable bonds is 7. The van der Waals surface area contributed by atoms with E-state index in [9.17, 15) is 35.9 Å². The van der Waals surface area contributed by atoms with Crippen LogP contribution in [-0.4, -0.2) is 37.7 Å². The van der Waals surface area contributed by atoms with Gasteiger partial charge < -0.3 is 19.9 Å². The van der Waals surface area contributed by atoms with E-state index >= 15 is 0 Å². The standard InChI is InChI=1S/C16H10F6O3.C8H9NO2.C2H6/c1-24-14-7-11(17)4-5-12(14)25-13-6-10(3-2-9(13)8-23)15(18,19)16(20,21)22;1-9-7-4-2-6(3-5-7)8(10)11;1-2/h2-8H,1H3;2-5,9H,1H3,(H,10,11);1-2H3. The summed E-state index contributed by atoms with van der Waals surface area (Å²) in [6, 6.07) is 11.2. The molecule has 0 aliphatic carbocycles. The van der Waals surface area contributed by atoms with Gasteiger partial charge in [0.25, 0.3) is 0 Å². The number of carbonyl (C=O) groups is 2. The van der Waals surface area contributed by atoms with Crippen LogP contribution in [0.5, 0.6) is 17.2 Å². The molecule has 12 heteroatoms. The molecule has 0 aliphatic rings. The molecule has 0 heterocycles. The average molecular weight is 545 g/mol. The topological polar surface area (TPSA) is 84.9 Å². The molecule has 6 nitrogen and oxygen atoms in total. The first-order valence-corrected chi connectivity index (χ1v) is 10.9. The number of anilines is 1. The number of carboxylic acids is 1. The molecule has 3 aromatic rings. The quantitative estimate of drug-likeness (QED) is 0.236. The Morgan fingerprint density at radius 1 is 0.895 bits per heavy atom. The Hall–Kier alpha value is -4.22. The lowest BCUT2D eigenvalue weighted by molar-refractivity contribution is -0.289. The van der Waals surface area contributed by atoms with Crippen LogP contribution in [0.2, 0.25) is 0 Å². The Balaban J connectivity index is 0.000000463. The van der Waals surface area contributed by atoms with Gasteiger partial charge in [0, 0.05) is 24.4 Å². The van der Waals surface area contributed by atoms with E-state index in [-0.39, 0.29) is 23.3 Å². The zero-order valence-corrected chi connectivity index (χ0v) is 20.7. The normalized spacial score (nSPS) is 10.7. The fraction of sp³-hybridized carbons (Fsp3) is 0.231. The van der Waals surface area contributed by atoms with Crippen LogP contribution in [0.15, 0.2) is 60.7 Å². The van der Waals surface area contributed by atoms with Gasteiger partial charge in [-0.05, 0) is 48.5 Å². The molecule has 0 aliphatic heterocycles. The number of ether oxygens (including phenoxy) is 2. The molecule has 0 aromatic heterocycles. The highest BCUT2D eigenvalue weighted by Gasteiger charge is 2.58. The monoisotopic (exact) mass is 545 g/mol. The van der Waals surface area contributed by atoms with Gasteiger partial charge in [-0.2, -0.15) is 22.0 Å². The molecule has 2 N–H and O–H groups in total. The summed E-state index contributed by atoms with van der Waals surface area (Å²) in [6.45, 7) is 4.00. The van der Waals surface area contributed by atoms with E-state index in [1.165, 1.54) is 7.11 Å². The number of halogens is 6. The number of benzene rings is 3. The fourth-order valence-corrected chi connectivity index (χ4v) is 2.70. The lowest BCUT2D eigenvalue weighted by atomic mass is 10.0. The number of hydrogen-bond acceptors (Lipinski definition) is 5. The number of alkyl halides is 5. The number of carboxylic acid groups (broad SMARTS) is 1. The molecule has 0 bridgehead atoms. The fourth-order valence-electron chi connectivity index (χ4n) is 2.70. The van der Waals surface area contributed by atoms with Crippen LogP contribution in [0.25, 0.3) is 0 Å². The van der Waals surface area contributed by atoms with Crippen LogP contribution in [-0.2, 0) is 5.92 Å². The molecule has 0 spiro atoms. The summed E-state index contributed by atoms with van der Waals surface area (Å²) in [5.74, 6) is -7.57. The number of nitrogens with one attached hydrogen (secondary N) is 1. The molecule has 3 aromatic carbocycles. The van der Waals surface area contributed by atoms with E-state index in [1.54, 1.807) is 31.3 Å². The van der Waals surface area contributed by atoms with Gasteiger partial charge in [-0.25, -0.2) is 9.18 Å². The third-order valence-electron chi connectivity index (χ3n) is 4.63. The summed E-state index contributed by atoms with van der Waals surface area (Å²) in [5.41, 5.74) is -0.450. The van der Waals surface area contributed by atoms with E-state index < -0.39 is 35.2 Å². The zero-order valence-electron chi connectivity index (χ0n) is 20.7. The molecular weight excluding hydrogens is 520 g/mol. The van der Waals surface area contributed by atoms with Crippen molar-refractivity contribution in [1.29, 1.82) is 0 Å². The van der Waals surface area contributed by atoms with Crippen molar-refractivity contribution in [3.8, 4) is 17.2 Å². The number of aromatic carboxylic acids is 1. The van der Waals surface area contributed by atoms with Gasteiger partial charge in [-0.15, -0.1) is 0 Å². The zero-order chi connectivity index (χ0) is 29.1. The summed E-state index contributed by atoms with van der Waals surface area (Å²) in [7, 11) is 2.96. The van der Waals surface area contributed by atoms with Gasteiger partial charge in [0.1, 0.15) is 11.6 Å². The average Bonchev–Trinajstić information content (AvgIpc) is 2.90. The molecule has 0 saturated heterocycles. The third-order valence-corrected chi connectivity index (χ3v) is 4.63. The predicted molar refractivity (Wildman–Crippen MR) is 129 cm³/mol. The Kier molecular flexibility index (Phi) is 11.6. The van der Waals surface area contributed by atoms with Crippen LogP contribution in [0.1, 0.15) is 40.1 Å². The SMILES string of the molecule is CC.CNc1ccc(C(=O)O)cc1.COc1cc(F)ccc1Oc1cc(C(F)(F)C(F)(F)F)ccc1C=O. The molecule has 0 radical (unpaired) electrons. The van der Waals surface area contributed by atoms with Gasteiger partial charge in [0.15, 0.2) is 17.8 Å². The predicted octanol–water partition coefficient (Wildman–Crippen LogP) is 7.55. The molecule has 0 fully saturated rings. The largest absolute Gasteiger partial charge is 0.493 e. The Labute approximate surface area is 214 Å². The first kappa shape index (κ1) is 31.8. The molecule has 0 atom stereocenters. The van der Waals surface area contributed by atoms with E-state index in [2.05, 4.69) is 5.32 Å². The van der Waals surface area contributed by atoms with Crippen molar-refractivity contribution in [2.75, 3.05) is 19.5 Å². The van der Waals surface area contributed by atoms with Crippen molar-refractivity contribution in [1.82, 2.24) is 0 Å². The molecule has 38 heavy (non-hydrogen) atoms. The maximum absolute atomic E-state index is 13.5. The molecule has 0 amide bonds. The van der Waals surface area contributed by atoms with Crippen LogP contribution in [0, 0.1) is 5.82 Å². The molecular formula is C26H25F6NO5. The van der Waals surface area contributed by atoms with Gasteiger partial charge >= 0.3 is 18.1 Å². The first-order chi connectivity index (χ1) is 17.8. The van der Waals surface area contributed by atoms with Crippen LogP contribution >= 0.6 is 0 Å². The highest BCUT2D eigenvalue weighted by atomic mass is 19.4. The second-order valence-electron chi connectivity index (χ2n) is 6.97. The number of hydrogen-bond donors (Lipinski definition) is 2. The number of carbonyl (C=O) groups excluding carboxylic acids is 1. The number of aldehydes is 1. The third kappa shape index (κ3) is 8.15. The van der Waals surface area contributed by atoms with E-state index in [0.717, 1.165) is 30.0 Å². The van der Waals surface area contributed by atoms with Gasteiger partial charge in [-0.1, -0.05) is 19.9 Å². The Morgan fingerprint density at radius 3 is 1.97 bits per heavy atom. The van der Waals surface area contributed by atoms with Crippen molar-refractivity contribution in [2.45, 2.75) is 25.9 Å². The van der Waals surface area contributed by atoms with Crippen LogP contribution in [0.3, 0.4) is 0 Å². The van der Waals surface area contributed by atoms with Crippen LogP contribution < -0.4 is 14.8 Å². The number of methoxy groups -OCH3 is 1. The molecule has 0 saturated carbocycles. The second kappa shape index (κ2) is 13.9. The lowest BCUT2D eigenvalue weighted by Crippen LogP contribution is -2.33. The smallest absolute Gasteiger partial charge is 0.458 e. The van der Waals surface area contributed by atoms with E-state index in [0.29, 0.717) is 17.7 Å². The van der Waals surface area contributed by atoms with Crippen molar-refractivity contribution >= 4 is 17.9 Å².